The number of nitrogens with zero attached hydrogens (tertiary/aromatic N) is 1. The summed E-state index contributed by atoms with van der Waals surface area (Å²) in [6.45, 7) is 16.7. The van der Waals surface area contributed by atoms with Crippen LogP contribution in [0.25, 0.3) is 0 Å². The standard InChI is InChI=1S/C30H47NO/c1-19-20(17-31)22-16-30(18-32-22)15-14-28(5)21(25(19)30)8-9-24-27(4)12-7-11-26(2,3)23(27)10-13-29(24,28)6/h19-25H,7-16,18H2,1-6H3/t19-,20+,21-,22-,23+,24-,25+,27-,28-,29+,30+/m1/s1. The van der Waals surface area contributed by atoms with Crippen molar-refractivity contribution in [2.24, 2.45) is 62.6 Å². The lowest BCUT2D eigenvalue weighted by Crippen LogP contribution is -2.66. The fourth-order valence-corrected chi connectivity index (χ4v) is 12.3. The number of hydrogen-bond donors (Lipinski definition) is 0. The Morgan fingerprint density at radius 2 is 1.62 bits per heavy atom. The topological polar surface area (TPSA) is 33.0 Å². The van der Waals surface area contributed by atoms with Crippen molar-refractivity contribution in [1.82, 2.24) is 0 Å². The van der Waals surface area contributed by atoms with Gasteiger partial charge in [0.2, 0.25) is 0 Å². The molecule has 0 aromatic carbocycles. The van der Waals surface area contributed by atoms with E-state index in [1.807, 2.05) is 0 Å². The van der Waals surface area contributed by atoms with E-state index in [1.54, 1.807) is 0 Å². The molecule has 2 heteroatoms. The molecule has 11 atom stereocenters. The second-order valence-electron chi connectivity index (χ2n) is 15.0. The molecule has 0 N–H and O–H groups in total. The highest BCUT2D eigenvalue weighted by molar-refractivity contribution is 5.21. The molecule has 6 fully saturated rings. The summed E-state index contributed by atoms with van der Waals surface area (Å²) in [6, 6.07) is 2.71. The Kier molecular flexibility index (Phi) is 4.50. The molecule has 1 saturated heterocycles. The molecule has 0 aromatic heterocycles. The molecule has 1 aliphatic heterocycles. The van der Waals surface area contributed by atoms with E-state index in [1.165, 1.54) is 64.2 Å². The summed E-state index contributed by atoms with van der Waals surface area (Å²) in [5, 5.41) is 10.1. The normalized spacial score (nSPS) is 60.3. The van der Waals surface area contributed by atoms with E-state index in [0.29, 0.717) is 38.9 Å². The molecule has 0 unspecified atom stereocenters. The Bertz CT molecular complexity index is 842. The van der Waals surface area contributed by atoms with Crippen LogP contribution in [0.4, 0.5) is 0 Å². The Hall–Kier alpha value is -0.550. The van der Waals surface area contributed by atoms with Crippen molar-refractivity contribution in [1.29, 1.82) is 5.26 Å². The molecule has 6 rings (SSSR count). The van der Waals surface area contributed by atoms with Gasteiger partial charge in [-0.05, 0) is 114 Å². The highest BCUT2D eigenvalue weighted by atomic mass is 16.5. The van der Waals surface area contributed by atoms with Crippen molar-refractivity contribution in [2.45, 2.75) is 112 Å². The fraction of sp³-hybridized carbons (Fsp3) is 0.967. The summed E-state index contributed by atoms with van der Waals surface area (Å²) in [4.78, 5) is 0. The van der Waals surface area contributed by atoms with Crippen LogP contribution in [0.5, 0.6) is 0 Å². The monoisotopic (exact) mass is 437 g/mol. The van der Waals surface area contributed by atoms with E-state index in [4.69, 9.17) is 4.74 Å². The lowest BCUT2D eigenvalue weighted by atomic mass is 9.31. The van der Waals surface area contributed by atoms with Gasteiger partial charge in [-0.2, -0.15) is 5.26 Å². The second kappa shape index (κ2) is 6.56. The average molecular weight is 438 g/mol. The summed E-state index contributed by atoms with van der Waals surface area (Å²) >= 11 is 0. The van der Waals surface area contributed by atoms with E-state index in [-0.39, 0.29) is 12.0 Å². The summed E-state index contributed by atoms with van der Waals surface area (Å²) in [7, 11) is 0. The minimum absolute atomic E-state index is 0.107. The zero-order chi connectivity index (χ0) is 22.7. The maximum Gasteiger partial charge on any atom is 0.0754 e. The van der Waals surface area contributed by atoms with Crippen molar-refractivity contribution in [2.75, 3.05) is 6.61 Å². The van der Waals surface area contributed by atoms with E-state index in [9.17, 15) is 5.26 Å². The van der Waals surface area contributed by atoms with Crippen molar-refractivity contribution in [3.63, 3.8) is 0 Å². The first-order chi connectivity index (χ1) is 15.0. The van der Waals surface area contributed by atoms with Gasteiger partial charge in [0.15, 0.2) is 0 Å². The molecule has 0 aromatic rings. The quantitative estimate of drug-likeness (QED) is 0.390. The predicted octanol–water partition coefficient (Wildman–Crippen LogP) is 7.63. The van der Waals surface area contributed by atoms with Gasteiger partial charge in [-0.25, -0.2) is 0 Å². The first kappa shape index (κ1) is 21.9. The van der Waals surface area contributed by atoms with Gasteiger partial charge < -0.3 is 4.74 Å². The number of fused-ring (bicyclic) bond motifs is 7. The van der Waals surface area contributed by atoms with Crippen LogP contribution < -0.4 is 0 Å². The van der Waals surface area contributed by atoms with Gasteiger partial charge in [0.1, 0.15) is 0 Å². The fourth-order valence-electron chi connectivity index (χ4n) is 12.3. The van der Waals surface area contributed by atoms with E-state index < -0.39 is 0 Å². The highest BCUT2D eigenvalue weighted by Gasteiger charge is 2.71. The largest absolute Gasteiger partial charge is 0.376 e. The zero-order valence-electron chi connectivity index (χ0n) is 21.7. The van der Waals surface area contributed by atoms with Crippen molar-refractivity contribution in [3.05, 3.63) is 0 Å². The van der Waals surface area contributed by atoms with Gasteiger partial charge >= 0.3 is 0 Å². The predicted molar refractivity (Wildman–Crippen MR) is 129 cm³/mol. The van der Waals surface area contributed by atoms with Crippen LogP contribution >= 0.6 is 0 Å². The lowest BCUT2D eigenvalue weighted by molar-refractivity contribution is -0.244. The van der Waals surface area contributed by atoms with Crippen molar-refractivity contribution < 1.29 is 4.74 Å². The first-order valence-corrected chi connectivity index (χ1v) is 14.0. The molecule has 2 nitrogen and oxygen atoms in total. The van der Waals surface area contributed by atoms with E-state index >= 15 is 0 Å². The third kappa shape index (κ3) is 2.41. The minimum Gasteiger partial charge on any atom is -0.376 e. The van der Waals surface area contributed by atoms with Crippen LogP contribution in [0.2, 0.25) is 0 Å². The number of nitriles is 1. The van der Waals surface area contributed by atoms with Crippen LogP contribution in [-0.4, -0.2) is 12.7 Å². The molecule has 1 spiro atoms. The van der Waals surface area contributed by atoms with Crippen LogP contribution in [0.15, 0.2) is 0 Å². The molecule has 5 aliphatic carbocycles. The van der Waals surface area contributed by atoms with Crippen LogP contribution in [0.3, 0.4) is 0 Å². The number of ether oxygens (including phenoxy) is 1. The molecule has 0 amide bonds. The lowest BCUT2D eigenvalue weighted by Gasteiger charge is -2.73. The smallest absolute Gasteiger partial charge is 0.0754 e. The molecule has 178 valence electrons. The van der Waals surface area contributed by atoms with Crippen LogP contribution in [0.1, 0.15) is 106 Å². The van der Waals surface area contributed by atoms with Gasteiger partial charge in [0.25, 0.3) is 0 Å². The minimum atomic E-state index is 0.107. The first-order valence-electron chi connectivity index (χ1n) is 14.0. The molecular formula is C30H47NO. The van der Waals surface area contributed by atoms with Crippen LogP contribution in [-0.2, 0) is 4.74 Å². The molecule has 5 saturated carbocycles. The molecule has 2 bridgehead atoms. The SMILES string of the molecule is C[C@@H]1[C@H](C#N)[C@H]2C[C@@]3(CC[C@]4(C)[C@H](CC[C@@H]5[C@]6(C)CCCC(C)(C)[C@@H]6CC[C@@]54C)[C@H]13)CO2. The molecule has 6 aliphatic rings. The van der Waals surface area contributed by atoms with Gasteiger partial charge in [0, 0.05) is 0 Å². The van der Waals surface area contributed by atoms with Gasteiger partial charge in [-0.1, -0.05) is 48.0 Å². The van der Waals surface area contributed by atoms with Gasteiger partial charge in [-0.3, -0.25) is 0 Å². The molecule has 32 heavy (non-hydrogen) atoms. The summed E-state index contributed by atoms with van der Waals surface area (Å²) in [5.41, 5.74) is 2.28. The number of rotatable bonds is 0. The Morgan fingerprint density at radius 1 is 0.844 bits per heavy atom. The highest BCUT2D eigenvalue weighted by Crippen LogP contribution is 2.77. The summed E-state index contributed by atoms with van der Waals surface area (Å²) in [5.74, 6) is 3.85. The zero-order valence-corrected chi connectivity index (χ0v) is 21.7. The van der Waals surface area contributed by atoms with E-state index in [2.05, 4.69) is 47.6 Å². The summed E-state index contributed by atoms with van der Waals surface area (Å²) < 4.78 is 6.34. The van der Waals surface area contributed by atoms with Gasteiger partial charge in [0.05, 0.1) is 24.7 Å². The van der Waals surface area contributed by atoms with Crippen molar-refractivity contribution >= 4 is 0 Å². The Labute approximate surface area is 197 Å². The maximum atomic E-state index is 10.1. The average Bonchev–Trinajstić information content (AvgIpc) is 3.08. The van der Waals surface area contributed by atoms with E-state index in [0.717, 1.165) is 24.4 Å². The third-order valence-electron chi connectivity index (χ3n) is 13.8. The van der Waals surface area contributed by atoms with Crippen LogP contribution in [0, 0.1) is 73.9 Å². The molecule has 0 radical (unpaired) electrons. The summed E-state index contributed by atoms with van der Waals surface area (Å²) in [6.07, 6.45) is 14.1. The molecule has 1 heterocycles. The Morgan fingerprint density at radius 3 is 2.38 bits per heavy atom. The van der Waals surface area contributed by atoms with Gasteiger partial charge in [-0.15, -0.1) is 0 Å². The molecular weight excluding hydrogens is 390 g/mol. The van der Waals surface area contributed by atoms with Crippen molar-refractivity contribution in [3.8, 4) is 6.07 Å². The number of hydrogen-bond acceptors (Lipinski definition) is 2. The third-order valence-corrected chi connectivity index (χ3v) is 13.8. The Balaban J connectivity index is 1.40. The maximum absolute atomic E-state index is 10.1. The second-order valence-corrected chi connectivity index (χ2v) is 15.0.